The van der Waals surface area contributed by atoms with Gasteiger partial charge in [0.15, 0.2) is 0 Å². The van der Waals surface area contributed by atoms with E-state index in [0.717, 1.165) is 11.3 Å². The molecule has 2 unspecified atom stereocenters. The summed E-state index contributed by atoms with van der Waals surface area (Å²) in [4.78, 5) is 38.5. The molecule has 0 saturated carbocycles. The fraction of sp³-hybridized carbons (Fsp3) is 0.591. The summed E-state index contributed by atoms with van der Waals surface area (Å²) < 4.78 is 9.87. The highest BCUT2D eigenvalue weighted by molar-refractivity contribution is 6.18. The van der Waals surface area contributed by atoms with Gasteiger partial charge in [0.2, 0.25) is 5.91 Å². The van der Waals surface area contributed by atoms with Crippen molar-refractivity contribution in [1.29, 1.82) is 0 Å². The Kier molecular flexibility index (Phi) is 13.8. The normalized spacial score (nSPS) is 12.5. The number of esters is 2. The molecule has 0 saturated heterocycles. The SMILES string of the molecule is CCOC(=O)CCC(NC(=O)C(N)Cc1ccc(N(CCCl)CCCl)cc1)C(=O)OCC. The number of hydrogen-bond donors (Lipinski definition) is 2. The average molecular weight is 490 g/mol. The number of carbonyl (C=O) groups is 3. The van der Waals surface area contributed by atoms with Crippen LogP contribution in [0.5, 0.6) is 0 Å². The van der Waals surface area contributed by atoms with Gasteiger partial charge >= 0.3 is 11.9 Å². The topological polar surface area (TPSA) is 111 Å². The number of halogens is 2. The Labute approximate surface area is 199 Å². The molecular weight excluding hydrogens is 457 g/mol. The van der Waals surface area contributed by atoms with Gasteiger partial charge in [-0.3, -0.25) is 9.59 Å². The van der Waals surface area contributed by atoms with Crippen LogP contribution >= 0.6 is 23.2 Å². The molecule has 1 aromatic carbocycles. The van der Waals surface area contributed by atoms with Crippen molar-refractivity contribution >= 4 is 46.7 Å². The Morgan fingerprint density at radius 2 is 1.62 bits per heavy atom. The van der Waals surface area contributed by atoms with Gasteiger partial charge in [-0.05, 0) is 44.4 Å². The van der Waals surface area contributed by atoms with Crippen LogP contribution in [0.3, 0.4) is 0 Å². The Morgan fingerprint density at radius 3 is 2.16 bits per heavy atom. The van der Waals surface area contributed by atoms with Gasteiger partial charge in [0, 0.05) is 37.0 Å². The average Bonchev–Trinajstić information content (AvgIpc) is 2.77. The van der Waals surface area contributed by atoms with E-state index in [1.54, 1.807) is 13.8 Å². The Bertz CT molecular complexity index is 712. The summed E-state index contributed by atoms with van der Waals surface area (Å²) in [6, 6.07) is 5.80. The minimum absolute atomic E-state index is 0.0184. The van der Waals surface area contributed by atoms with Gasteiger partial charge in [-0.1, -0.05) is 12.1 Å². The van der Waals surface area contributed by atoms with Crippen molar-refractivity contribution in [2.75, 3.05) is 43.0 Å². The molecule has 0 fully saturated rings. The molecule has 0 aliphatic carbocycles. The molecule has 180 valence electrons. The van der Waals surface area contributed by atoms with Gasteiger partial charge in [-0.15, -0.1) is 23.2 Å². The molecule has 0 radical (unpaired) electrons. The lowest BCUT2D eigenvalue weighted by molar-refractivity contribution is -0.149. The van der Waals surface area contributed by atoms with Crippen LogP contribution < -0.4 is 16.0 Å². The maximum atomic E-state index is 12.6. The van der Waals surface area contributed by atoms with Crippen LogP contribution in [0.4, 0.5) is 5.69 Å². The van der Waals surface area contributed by atoms with E-state index in [1.807, 2.05) is 24.3 Å². The first-order valence-corrected chi connectivity index (χ1v) is 11.8. The van der Waals surface area contributed by atoms with Crippen LogP contribution in [-0.2, 0) is 30.3 Å². The third kappa shape index (κ3) is 10.1. The second-order valence-corrected chi connectivity index (χ2v) is 7.75. The van der Waals surface area contributed by atoms with Crippen molar-refractivity contribution in [3.8, 4) is 0 Å². The molecule has 0 aliphatic rings. The standard InChI is InChI=1S/C22H33Cl2N3O5/c1-3-31-20(28)10-9-19(22(30)32-4-2)26-21(29)18(25)15-16-5-7-17(8-6-16)27(13-11-23)14-12-24/h5-8,18-19H,3-4,9-15,25H2,1-2H3,(H,26,29). The maximum Gasteiger partial charge on any atom is 0.328 e. The summed E-state index contributed by atoms with van der Waals surface area (Å²) in [5, 5.41) is 2.60. The maximum absolute atomic E-state index is 12.6. The number of alkyl halides is 2. The summed E-state index contributed by atoms with van der Waals surface area (Å²) in [5.74, 6) is -0.580. The zero-order valence-corrected chi connectivity index (χ0v) is 20.2. The molecule has 8 nitrogen and oxygen atoms in total. The number of nitrogens with zero attached hydrogens (tertiary/aromatic N) is 1. The second-order valence-electron chi connectivity index (χ2n) is 7.00. The predicted octanol–water partition coefficient (Wildman–Crippen LogP) is 2.23. The van der Waals surface area contributed by atoms with Crippen LogP contribution in [0, 0.1) is 0 Å². The van der Waals surface area contributed by atoms with Crippen LogP contribution in [0.15, 0.2) is 24.3 Å². The fourth-order valence-electron chi connectivity index (χ4n) is 3.03. The Hall–Kier alpha value is -2.03. The van der Waals surface area contributed by atoms with Crippen LogP contribution in [0.25, 0.3) is 0 Å². The molecule has 1 rings (SSSR count). The number of ether oxygens (including phenoxy) is 2. The second kappa shape index (κ2) is 15.7. The first kappa shape index (κ1) is 28.0. The van der Waals surface area contributed by atoms with Gasteiger partial charge in [0.25, 0.3) is 0 Å². The smallest absolute Gasteiger partial charge is 0.328 e. The molecule has 0 aromatic heterocycles. The lowest BCUT2D eigenvalue weighted by atomic mass is 10.0. The van der Waals surface area contributed by atoms with Crippen molar-refractivity contribution in [3.05, 3.63) is 29.8 Å². The largest absolute Gasteiger partial charge is 0.466 e. The fourth-order valence-corrected chi connectivity index (χ4v) is 3.44. The first-order valence-electron chi connectivity index (χ1n) is 10.7. The molecule has 0 aliphatic heterocycles. The van der Waals surface area contributed by atoms with Gasteiger partial charge in [0.05, 0.1) is 19.3 Å². The minimum Gasteiger partial charge on any atom is -0.466 e. The van der Waals surface area contributed by atoms with Crippen molar-refractivity contribution in [2.45, 2.75) is 45.2 Å². The van der Waals surface area contributed by atoms with E-state index in [9.17, 15) is 14.4 Å². The number of nitrogens with two attached hydrogens (primary N) is 1. The van der Waals surface area contributed by atoms with Crippen molar-refractivity contribution in [2.24, 2.45) is 5.73 Å². The van der Waals surface area contributed by atoms with E-state index in [1.165, 1.54) is 0 Å². The van der Waals surface area contributed by atoms with E-state index in [0.29, 0.717) is 24.8 Å². The van der Waals surface area contributed by atoms with Gasteiger partial charge in [-0.2, -0.15) is 0 Å². The van der Waals surface area contributed by atoms with Gasteiger partial charge in [0.1, 0.15) is 6.04 Å². The number of rotatable bonds is 15. The summed E-state index contributed by atoms with van der Waals surface area (Å²) in [5.41, 5.74) is 7.92. The highest BCUT2D eigenvalue weighted by Crippen LogP contribution is 2.16. The highest BCUT2D eigenvalue weighted by atomic mass is 35.5. The zero-order chi connectivity index (χ0) is 23.9. The molecule has 1 aromatic rings. The molecule has 0 bridgehead atoms. The quantitative estimate of drug-likeness (QED) is 0.287. The van der Waals surface area contributed by atoms with E-state index < -0.39 is 29.9 Å². The van der Waals surface area contributed by atoms with Gasteiger partial charge in [-0.25, -0.2) is 4.79 Å². The van der Waals surface area contributed by atoms with E-state index in [2.05, 4.69) is 10.2 Å². The number of anilines is 1. The summed E-state index contributed by atoms with van der Waals surface area (Å²) in [7, 11) is 0. The third-order valence-electron chi connectivity index (χ3n) is 4.63. The molecule has 32 heavy (non-hydrogen) atoms. The van der Waals surface area contributed by atoms with Crippen LogP contribution in [0.1, 0.15) is 32.3 Å². The van der Waals surface area contributed by atoms with Crippen LogP contribution in [-0.4, -0.2) is 68.0 Å². The molecule has 0 spiro atoms. The predicted molar refractivity (Wildman–Crippen MR) is 126 cm³/mol. The Morgan fingerprint density at radius 1 is 1.03 bits per heavy atom. The summed E-state index contributed by atoms with van der Waals surface area (Å²) >= 11 is 11.7. The molecule has 10 heteroatoms. The summed E-state index contributed by atoms with van der Waals surface area (Å²) in [6.07, 6.45) is 0.335. The number of amides is 1. The van der Waals surface area contributed by atoms with E-state index >= 15 is 0 Å². The number of carbonyl (C=O) groups excluding carboxylic acids is 3. The van der Waals surface area contributed by atoms with Crippen molar-refractivity contribution in [1.82, 2.24) is 5.32 Å². The number of benzene rings is 1. The van der Waals surface area contributed by atoms with E-state index in [-0.39, 0.29) is 32.5 Å². The number of nitrogens with one attached hydrogen (secondary N) is 1. The minimum atomic E-state index is -0.972. The molecule has 3 N–H and O–H groups in total. The Balaban J connectivity index is 2.72. The summed E-state index contributed by atoms with van der Waals surface area (Å²) in [6.45, 7) is 5.12. The van der Waals surface area contributed by atoms with Crippen molar-refractivity contribution in [3.63, 3.8) is 0 Å². The highest BCUT2D eigenvalue weighted by Gasteiger charge is 2.26. The van der Waals surface area contributed by atoms with Crippen molar-refractivity contribution < 1.29 is 23.9 Å². The first-order chi connectivity index (χ1) is 15.4. The monoisotopic (exact) mass is 489 g/mol. The zero-order valence-electron chi connectivity index (χ0n) is 18.6. The van der Waals surface area contributed by atoms with Crippen LogP contribution in [0.2, 0.25) is 0 Å². The lowest BCUT2D eigenvalue weighted by Gasteiger charge is -2.23. The third-order valence-corrected chi connectivity index (χ3v) is 4.97. The lowest BCUT2D eigenvalue weighted by Crippen LogP contribution is -2.49. The molecule has 1 amide bonds. The van der Waals surface area contributed by atoms with Gasteiger partial charge < -0.3 is 25.4 Å². The molecule has 2 atom stereocenters. The van der Waals surface area contributed by atoms with E-state index in [4.69, 9.17) is 38.4 Å². The number of hydrogen-bond acceptors (Lipinski definition) is 7. The molecular formula is C22H33Cl2N3O5. The molecule has 0 heterocycles.